The van der Waals surface area contributed by atoms with Gasteiger partial charge >= 0.3 is 0 Å². The molecule has 2 N–H and O–H groups in total. The molecule has 0 radical (unpaired) electrons. The van der Waals surface area contributed by atoms with Gasteiger partial charge in [-0.25, -0.2) is 0 Å². The lowest BCUT2D eigenvalue weighted by Crippen LogP contribution is -2.37. The summed E-state index contributed by atoms with van der Waals surface area (Å²) in [6.45, 7) is 6.24. The van der Waals surface area contributed by atoms with Crippen molar-refractivity contribution in [2.45, 2.75) is 32.9 Å². The van der Waals surface area contributed by atoms with E-state index in [4.69, 9.17) is 4.42 Å². The molecule has 0 aliphatic rings. The summed E-state index contributed by atoms with van der Waals surface area (Å²) >= 11 is 0. The molecule has 1 heterocycles. The zero-order chi connectivity index (χ0) is 11.3. The lowest BCUT2D eigenvalue weighted by Gasteiger charge is -2.13. The Morgan fingerprint density at radius 3 is 2.73 bits per heavy atom. The lowest BCUT2D eigenvalue weighted by atomic mass is 10.2. The largest absolute Gasteiger partial charge is 0.467 e. The van der Waals surface area contributed by atoms with Gasteiger partial charge in [0, 0.05) is 6.04 Å². The number of amides is 1. The number of furan rings is 1. The molecule has 1 aromatic heterocycles. The van der Waals surface area contributed by atoms with E-state index in [0.29, 0.717) is 12.6 Å². The Kier molecular flexibility index (Phi) is 4.37. The quantitative estimate of drug-likeness (QED) is 0.773. The van der Waals surface area contributed by atoms with Gasteiger partial charge in [0.2, 0.25) is 5.91 Å². The fourth-order valence-electron chi connectivity index (χ4n) is 1.20. The van der Waals surface area contributed by atoms with Crippen LogP contribution in [0, 0.1) is 0 Å². The number of nitrogens with one attached hydrogen (secondary N) is 2. The first-order valence-electron chi connectivity index (χ1n) is 5.15. The van der Waals surface area contributed by atoms with Gasteiger partial charge in [-0.2, -0.15) is 0 Å². The van der Waals surface area contributed by atoms with E-state index >= 15 is 0 Å². The van der Waals surface area contributed by atoms with Gasteiger partial charge < -0.3 is 15.1 Å². The summed E-state index contributed by atoms with van der Waals surface area (Å²) in [5.74, 6) is 0.750. The molecule has 1 rings (SSSR count). The van der Waals surface area contributed by atoms with E-state index in [1.165, 1.54) is 0 Å². The second-order valence-electron chi connectivity index (χ2n) is 3.84. The molecule has 0 aromatic carbocycles. The van der Waals surface area contributed by atoms with Crippen molar-refractivity contribution in [1.29, 1.82) is 0 Å². The number of hydrogen-bond donors (Lipinski definition) is 2. The smallest absolute Gasteiger partial charge is 0.234 e. The van der Waals surface area contributed by atoms with Crippen molar-refractivity contribution in [3.63, 3.8) is 0 Å². The van der Waals surface area contributed by atoms with Gasteiger partial charge in [-0.05, 0) is 19.1 Å². The molecule has 0 spiro atoms. The molecule has 4 nitrogen and oxygen atoms in total. The Morgan fingerprint density at radius 1 is 1.47 bits per heavy atom. The topological polar surface area (TPSA) is 54.3 Å². The summed E-state index contributed by atoms with van der Waals surface area (Å²) in [7, 11) is 0. The lowest BCUT2D eigenvalue weighted by molar-refractivity contribution is -0.121. The van der Waals surface area contributed by atoms with Crippen LogP contribution >= 0.6 is 0 Å². The Balaban J connectivity index is 2.32. The third-order valence-electron chi connectivity index (χ3n) is 2.02. The van der Waals surface area contributed by atoms with Crippen molar-refractivity contribution in [2.75, 3.05) is 6.54 Å². The Morgan fingerprint density at radius 2 is 2.20 bits per heavy atom. The molecular weight excluding hydrogens is 192 g/mol. The Bertz CT molecular complexity index is 294. The van der Waals surface area contributed by atoms with E-state index in [0.717, 1.165) is 5.76 Å². The van der Waals surface area contributed by atoms with E-state index < -0.39 is 0 Å². The fraction of sp³-hybridized carbons (Fsp3) is 0.545. The van der Waals surface area contributed by atoms with E-state index in [1.54, 1.807) is 6.26 Å². The van der Waals surface area contributed by atoms with Crippen LogP contribution in [0.3, 0.4) is 0 Å². The van der Waals surface area contributed by atoms with Gasteiger partial charge in [0.25, 0.3) is 0 Å². The molecular formula is C11H18N2O2. The summed E-state index contributed by atoms with van der Waals surface area (Å²) in [5, 5.41) is 5.90. The summed E-state index contributed by atoms with van der Waals surface area (Å²) in [4.78, 5) is 11.4. The first-order chi connectivity index (χ1) is 7.09. The molecule has 1 aromatic rings. The van der Waals surface area contributed by atoms with Crippen molar-refractivity contribution in [2.24, 2.45) is 0 Å². The molecule has 0 saturated heterocycles. The van der Waals surface area contributed by atoms with Gasteiger partial charge in [-0.3, -0.25) is 4.79 Å². The highest BCUT2D eigenvalue weighted by atomic mass is 16.3. The second kappa shape index (κ2) is 5.56. The summed E-state index contributed by atoms with van der Waals surface area (Å²) in [5.41, 5.74) is 0. The summed E-state index contributed by atoms with van der Waals surface area (Å²) < 4.78 is 5.19. The van der Waals surface area contributed by atoms with Crippen LogP contribution in [0.4, 0.5) is 0 Å². The zero-order valence-electron chi connectivity index (χ0n) is 9.41. The number of carbonyl (C=O) groups is 1. The minimum Gasteiger partial charge on any atom is -0.467 e. The third kappa shape index (κ3) is 4.16. The van der Waals surface area contributed by atoms with E-state index in [9.17, 15) is 4.79 Å². The van der Waals surface area contributed by atoms with Crippen LogP contribution in [-0.4, -0.2) is 18.5 Å². The van der Waals surface area contributed by atoms with Gasteiger partial charge in [0.15, 0.2) is 0 Å². The standard InChI is InChI=1S/C11H18N2O2/c1-8(2)12-7-11(14)13-9(3)10-5-4-6-15-10/h4-6,8-9,12H,7H2,1-3H3,(H,13,14)/t9-/m0/s1. The molecule has 0 saturated carbocycles. The highest BCUT2D eigenvalue weighted by molar-refractivity contribution is 5.78. The predicted molar refractivity (Wildman–Crippen MR) is 58.4 cm³/mol. The number of rotatable bonds is 5. The van der Waals surface area contributed by atoms with Crippen molar-refractivity contribution in [3.8, 4) is 0 Å². The maximum Gasteiger partial charge on any atom is 0.234 e. The van der Waals surface area contributed by atoms with Gasteiger partial charge in [-0.1, -0.05) is 13.8 Å². The van der Waals surface area contributed by atoms with Crippen LogP contribution in [0.1, 0.15) is 32.6 Å². The minimum atomic E-state index is -0.0820. The van der Waals surface area contributed by atoms with Crippen molar-refractivity contribution in [1.82, 2.24) is 10.6 Å². The first-order valence-corrected chi connectivity index (χ1v) is 5.15. The number of hydrogen-bond acceptors (Lipinski definition) is 3. The highest BCUT2D eigenvalue weighted by Crippen LogP contribution is 2.11. The van der Waals surface area contributed by atoms with E-state index in [2.05, 4.69) is 10.6 Å². The summed E-state index contributed by atoms with van der Waals surface area (Å²) in [6, 6.07) is 3.89. The average Bonchev–Trinajstić information content (AvgIpc) is 2.67. The molecule has 0 aliphatic heterocycles. The van der Waals surface area contributed by atoms with Crippen LogP contribution in [0.15, 0.2) is 22.8 Å². The minimum absolute atomic E-state index is 0.0207. The Labute approximate surface area is 90.0 Å². The normalized spacial score (nSPS) is 12.8. The maximum atomic E-state index is 11.4. The van der Waals surface area contributed by atoms with E-state index in [1.807, 2.05) is 32.9 Å². The van der Waals surface area contributed by atoms with Crippen LogP contribution in [0.2, 0.25) is 0 Å². The highest BCUT2D eigenvalue weighted by Gasteiger charge is 2.11. The third-order valence-corrected chi connectivity index (χ3v) is 2.02. The van der Waals surface area contributed by atoms with Gasteiger partial charge in [0.1, 0.15) is 5.76 Å². The molecule has 0 aliphatic carbocycles. The average molecular weight is 210 g/mol. The fourth-order valence-corrected chi connectivity index (χ4v) is 1.20. The monoisotopic (exact) mass is 210 g/mol. The van der Waals surface area contributed by atoms with Crippen LogP contribution in [0.25, 0.3) is 0 Å². The zero-order valence-corrected chi connectivity index (χ0v) is 9.41. The molecule has 4 heteroatoms. The van der Waals surface area contributed by atoms with Gasteiger partial charge in [0.05, 0.1) is 18.8 Å². The molecule has 0 bridgehead atoms. The maximum absolute atomic E-state index is 11.4. The predicted octanol–water partition coefficient (Wildman–Crippen LogP) is 1.45. The number of carbonyl (C=O) groups excluding carboxylic acids is 1. The molecule has 1 amide bonds. The second-order valence-corrected chi connectivity index (χ2v) is 3.84. The van der Waals surface area contributed by atoms with Crippen molar-refractivity contribution in [3.05, 3.63) is 24.2 Å². The van der Waals surface area contributed by atoms with Crippen LogP contribution in [-0.2, 0) is 4.79 Å². The molecule has 0 unspecified atom stereocenters. The summed E-state index contributed by atoms with van der Waals surface area (Å²) in [6.07, 6.45) is 1.60. The molecule has 1 atom stereocenters. The van der Waals surface area contributed by atoms with E-state index in [-0.39, 0.29) is 11.9 Å². The van der Waals surface area contributed by atoms with Crippen molar-refractivity contribution < 1.29 is 9.21 Å². The van der Waals surface area contributed by atoms with Crippen molar-refractivity contribution >= 4 is 5.91 Å². The van der Waals surface area contributed by atoms with Gasteiger partial charge in [-0.15, -0.1) is 0 Å². The SMILES string of the molecule is CC(C)NCC(=O)N[C@@H](C)c1ccco1. The first kappa shape index (κ1) is 11.8. The molecule has 84 valence electrons. The van der Waals surface area contributed by atoms with Crippen LogP contribution in [0.5, 0.6) is 0 Å². The Hall–Kier alpha value is -1.29. The van der Waals surface area contributed by atoms with Crippen LogP contribution < -0.4 is 10.6 Å². The molecule has 0 fully saturated rings. The molecule has 15 heavy (non-hydrogen) atoms.